The molecule has 2 N–H and O–H groups in total. The summed E-state index contributed by atoms with van der Waals surface area (Å²) in [5, 5.41) is 0. The lowest BCUT2D eigenvalue weighted by Gasteiger charge is -2.34. The van der Waals surface area contributed by atoms with Crippen molar-refractivity contribution in [2.24, 2.45) is 0 Å². The quantitative estimate of drug-likeness (QED) is 0.658. The van der Waals surface area contributed by atoms with Crippen LogP contribution in [0.4, 0.5) is 21.5 Å². The van der Waals surface area contributed by atoms with Crippen molar-refractivity contribution in [2.75, 3.05) is 51.0 Å². The Morgan fingerprint density at radius 1 is 1.32 bits per heavy atom. The number of hydrogen-bond donors (Lipinski definition) is 1. The highest BCUT2D eigenvalue weighted by Crippen LogP contribution is 2.31. The molecular formula is C12H18FN4O2+. The van der Waals surface area contributed by atoms with Gasteiger partial charge in [0.25, 0.3) is 4.92 Å². The first-order valence-corrected chi connectivity index (χ1v) is 6.07. The lowest BCUT2D eigenvalue weighted by molar-refractivity contribution is -0.736. The number of likely N-dealkylation sites (N-methyl/N-ethyl adjacent to an activating group) is 1. The summed E-state index contributed by atoms with van der Waals surface area (Å²) >= 11 is 0. The number of hydrogen-bond acceptors (Lipinski definition) is 5. The van der Waals surface area contributed by atoms with Gasteiger partial charge in [0.05, 0.1) is 16.7 Å². The molecule has 1 aliphatic rings. The van der Waals surface area contributed by atoms with Crippen LogP contribution < -0.4 is 10.6 Å². The second-order valence-corrected chi connectivity index (χ2v) is 4.59. The molecule has 0 atom stereocenters. The van der Waals surface area contributed by atoms with Crippen molar-refractivity contribution < 1.29 is 14.2 Å². The topological polar surface area (TPSA) is 61.8 Å². The number of halogens is 1. The van der Waals surface area contributed by atoms with E-state index in [2.05, 4.69) is 9.74 Å². The summed E-state index contributed by atoms with van der Waals surface area (Å²) in [6, 6.07) is 2.60. The standard InChI is InChI=1S/C12H18FN4O2/c1-15-3-5-16(6-4-15)11-8-10(14)12(7-9(11)13)17(18)19-2/h7-8H,3-6,14H2,1-2H3/q+1. The highest BCUT2D eigenvalue weighted by Gasteiger charge is 2.25. The zero-order chi connectivity index (χ0) is 14.0. The predicted molar refractivity (Wildman–Crippen MR) is 70.8 cm³/mol. The second kappa shape index (κ2) is 5.40. The monoisotopic (exact) mass is 269 g/mol. The van der Waals surface area contributed by atoms with E-state index in [1.807, 2.05) is 11.9 Å². The molecule has 6 nitrogen and oxygen atoms in total. The molecule has 19 heavy (non-hydrogen) atoms. The fraction of sp³-hybridized carbons (Fsp3) is 0.500. The first-order chi connectivity index (χ1) is 9.02. The van der Waals surface area contributed by atoms with Crippen LogP contribution >= 0.6 is 0 Å². The molecule has 104 valence electrons. The van der Waals surface area contributed by atoms with Gasteiger partial charge >= 0.3 is 5.69 Å². The van der Waals surface area contributed by atoms with Crippen LogP contribution in [-0.4, -0.2) is 50.2 Å². The smallest absolute Gasteiger partial charge is 0.342 e. The minimum absolute atomic E-state index is 0.0159. The van der Waals surface area contributed by atoms with Crippen LogP contribution in [0.2, 0.25) is 0 Å². The maximum Gasteiger partial charge on any atom is 0.342 e. The van der Waals surface area contributed by atoms with E-state index in [0.29, 0.717) is 5.69 Å². The average molecular weight is 269 g/mol. The third kappa shape index (κ3) is 2.76. The summed E-state index contributed by atoms with van der Waals surface area (Å²) < 4.78 is 14.1. The zero-order valence-electron chi connectivity index (χ0n) is 11.1. The number of nitrogens with two attached hydrogens (primary N) is 1. The van der Waals surface area contributed by atoms with Gasteiger partial charge in [-0.25, -0.2) is 9.23 Å². The molecule has 0 radical (unpaired) electrons. The molecular weight excluding hydrogens is 251 g/mol. The molecule has 7 heteroatoms. The van der Waals surface area contributed by atoms with Crippen LogP contribution in [0.3, 0.4) is 0 Å². The number of piperazine rings is 1. The van der Waals surface area contributed by atoms with Gasteiger partial charge in [-0.2, -0.15) is 0 Å². The van der Waals surface area contributed by atoms with Gasteiger partial charge in [-0.05, 0) is 13.1 Å². The largest absolute Gasteiger partial charge is 0.393 e. The Kier molecular flexibility index (Phi) is 3.84. The Hall–Kier alpha value is -1.89. The van der Waals surface area contributed by atoms with Gasteiger partial charge < -0.3 is 15.5 Å². The minimum atomic E-state index is -0.466. The molecule has 0 aromatic heterocycles. The molecule has 1 saturated heterocycles. The van der Waals surface area contributed by atoms with E-state index < -0.39 is 5.82 Å². The van der Waals surface area contributed by atoms with Crippen molar-refractivity contribution in [1.29, 1.82) is 0 Å². The number of benzene rings is 1. The van der Waals surface area contributed by atoms with Crippen molar-refractivity contribution in [3.63, 3.8) is 0 Å². The van der Waals surface area contributed by atoms with Crippen molar-refractivity contribution in [3.8, 4) is 0 Å². The molecule has 0 saturated carbocycles. The number of anilines is 2. The van der Waals surface area contributed by atoms with Gasteiger partial charge in [0.15, 0.2) is 12.9 Å². The predicted octanol–water partition coefficient (Wildman–Crippen LogP) is 1.13. The second-order valence-electron chi connectivity index (χ2n) is 4.59. The summed E-state index contributed by atoms with van der Waals surface area (Å²) in [4.78, 5) is 20.1. The molecule has 0 amide bonds. The molecule has 1 heterocycles. The summed E-state index contributed by atoms with van der Waals surface area (Å²) in [7, 11) is 3.23. The Morgan fingerprint density at radius 2 is 1.95 bits per heavy atom. The van der Waals surface area contributed by atoms with Gasteiger partial charge in [0.2, 0.25) is 0 Å². The maximum atomic E-state index is 14.1. The lowest BCUT2D eigenvalue weighted by atomic mass is 10.2. The van der Waals surface area contributed by atoms with Crippen molar-refractivity contribution in [1.82, 2.24) is 4.90 Å². The van der Waals surface area contributed by atoms with Crippen LogP contribution in [0.1, 0.15) is 0 Å². The van der Waals surface area contributed by atoms with E-state index in [-0.39, 0.29) is 16.3 Å². The van der Waals surface area contributed by atoms with E-state index in [1.54, 1.807) is 0 Å². The molecule has 0 aliphatic carbocycles. The Bertz CT molecular complexity index is 487. The van der Waals surface area contributed by atoms with E-state index in [4.69, 9.17) is 5.73 Å². The van der Waals surface area contributed by atoms with E-state index in [1.165, 1.54) is 13.2 Å². The summed E-state index contributed by atoms with van der Waals surface area (Å²) in [6.45, 7) is 3.20. The normalized spacial score (nSPS) is 16.5. The van der Waals surface area contributed by atoms with Crippen LogP contribution in [0.25, 0.3) is 0 Å². The van der Waals surface area contributed by atoms with Crippen LogP contribution in [0, 0.1) is 10.7 Å². The Labute approximate surface area is 111 Å². The first kappa shape index (κ1) is 13.5. The summed E-state index contributed by atoms with van der Waals surface area (Å²) in [5.41, 5.74) is 6.39. The van der Waals surface area contributed by atoms with Crippen LogP contribution in [0.5, 0.6) is 0 Å². The Morgan fingerprint density at radius 3 is 2.53 bits per heavy atom. The summed E-state index contributed by atoms with van der Waals surface area (Å²) in [5.74, 6) is -0.466. The van der Waals surface area contributed by atoms with Crippen LogP contribution in [-0.2, 0) is 4.84 Å². The van der Waals surface area contributed by atoms with Crippen LogP contribution in [0.15, 0.2) is 12.1 Å². The molecule has 2 rings (SSSR count). The fourth-order valence-electron chi connectivity index (χ4n) is 2.11. The SMILES string of the molecule is CO[N+](=O)c1cc(F)c(N2CCN(C)CC2)cc1N. The molecule has 0 unspecified atom stereocenters. The van der Waals surface area contributed by atoms with Gasteiger partial charge in [-0.3, -0.25) is 0 Å². The summed E-state index contributed by atoms with van der Waals surface area (Å²) in [6.07, 6.45) is 0. The Balaban J connectivity index is 2.28. The van der Waals surface area contributed by atoms with Gasteiger partial charge in [0, 0.05) is 26.2 Å². The van der Waals surface area contributed by atoms with Crippen molar-refractivity contribution in [2.45, 2.75) is 0 Å². The molecule has 0 bridgehead atoms. The molecule has 1 aromatic carbocycles. The number of nitrogens with zero attached hydrogens (tertiary/aromatic N) is 3. The minimum Gasteiger partial charge on any atom is -0.393 e. The number of nitrogen functional groups attached to an aromatic ring is 1. The highest BCUT2D eigenvalue weighted by atomic mass is 19.1. The highest BCUT2D eigenvalue weighted by molar-refractivity contribution is 5.67. The lowest BCUT2D eigenvalue weighted by Crippen LogP contribution is -2.44. The zero-order valence-corrected chi connectivity index (χ0v) is 11.1. The number of rotatable bonds is 3. The first-order valence-electron chi connectivity index (χ1n) is 6.07. The molecule has 1 aromatic rings. The van der Waals surface area contributed by atoms with Crippen molar-refractivity contribution in [3.05, 3.63) is 22.9 Å². The average Bonchev–Trinajstić information content (AvgIpc) is 2.41. The fourth-order valence-corrected chi connectivity index (χ4v) is 2.11. The van der Waals surface area contributed by atoms with Gasteiger partial charge in [-0.1, -0.05) is 0 Å². The molecule has 1 aliphatic heterocycles. The van der Waals surface area contributed by atoms with E-state index >= 15 is 0 Å². The third-order valence-corrected chi connectivity index (χ3v) is 3.30. The third-order valence-electron chi connectivity index (χ3n) is 3.30. The maximum absolute atomic E-state index is 14.1. The van der Waals surface area contributed by atoms with E-state index in [0.717, 1.165) is 32.2 Å². The van der Waals surface area contributed by atoms with Crippen molar-refractivity contribution >= 4 is 17.1 Å². The van der Waals surface area contributed by atoms with Gasteiger partial charge in [-0.15, -0.1) is 0 Å². The van der Waals surface area contributed by atoms with E-state index in [9.17, 15) is 9.30 Å². The molecule has 1 fully saturated rings. The molecule has 0 spiro atoms. The van der Waals surface area contributed by atoms with Gasteiger partial charge in [0.1, 0.15) is 5.69 Å².